The maximum Gasteiger partial charge on any atom is 0.340 e. The Bertz CT molecular complexity index is 136. The van der Waals surface area contributed by atoms with E-state index < -0.39 is 8.19 Å². The zero-order valence-electron chi connectivity index (χ0n) is 6.29. The van der Waals surface area contributed by atoms with Gasteiger partial charge in [0.25, 0.3) is 0 Å². The van der Waals surface area contributed by atoms with E-state index in [0.717, 1.165) is 0 Å². The van der Waals surface area contributed by atoms with Crippen LogP contribution in [0.5, 0.6) is 0 Å². The van der Waals surface area contributed by atoms with Crippen molar-refractivity contribution in [1.82, 2.24) is 4.23 Å². The molecule has 0 aliphatic heterocycles. The van der Waals surface area contributed by atoms with Crippen LogP contribution in [0.2, 0.25) is 0 Å². The Morgan fingerprint density at radius 3 is 1.08 bits per heavy atom. The first-order valence-corrected chi connectivity index (χ1v) is 20.4. The van der Waals surface area contributed by atoms with Gasteiger partial charge >= 0.3 is 8.19 Å². The summed E-state index contributed by atoms with van der Waals surface area (Å²) in [6, 6.07) is 0.444. The average molecular weight is 593 g/mol. The third kappa shape index (κ3) is 5.38. The van der Waals surface area contributed by atoms with E-state index in [2.05, 4.69) is 110 Å². The largest absolute Gasteiger partial charge is 0.340 e. The zero-order valence-corrected chi connectivity index (χ0v) is 17.8. The molecule has 0 radical (unpaired) electrons. The molecule has 1 nitrogen and oxygen atoms in total. The fraction of sp³-hybridized carbons (Fsp3) is 1.00. The Morgan fingerprint density at radius 1 is 0.833 bits per heavy atom. The smallest absolute Gasteiger partial charge is 0.292 e. The average Bonchev–Trinajstić information content (AvgIpc) is 1.49. The summed E-state index contributed by atoms with van der Waals surface area (Å²) in [7, 11) is 0. The minimum Gasteiger partial charge on any atom is -0.292 e. The quantitative estimate of drug-likeness (QED) is 0.332. The van der Waals surface area contributed by atoms with Gasteiger partial charge in [0.05, 0.1) is 0 Å². The third-order valence-corrected chi connectivity index (χ3v) is 18.0. The fourth-order valence-electron chi connectivity index (χ4n) is 0.729. The Hall–Kier alpha value is 3.27. The molecule has 74 valence electrons. The molecule has 0 aliphatic carbocycles. The Kier molecular flexibility index (Phi) is 7.07. The molecule has 0 rings (SSSR count). The minimum atomic E-state index is -1.79. The number of hydrogen-bond acceptors (Lipinski definition) is 1. The molecule has 0 unspecified atom stereocenters. The van der Waals surface area contributed by atoms with Crippen LogP contribution in [0.1, 0.15) is 13.8 Å². The first kappa shape index (κ1) is 15.3. The first-order valence-electron chi connectivity index (χ1n) is 2.99. The molecule has 0 aromatic heterocycles. The monoisotopic (exact) mass is 587 g/mol. The Balaban J connectivity index is 4.70. The SMILES string of the molecule is CC(C)N([Si](Br)(Br)Br)[Si](Br)(Br)Br. The molecule has 0 saturated heterocycles. The molecule has 0 bridgehead atoms. The van der Waals surface area contributed by atoms with E-state index in [1.807, 2.05) is 0 Å². The van der Waals surface area contributed by atoms with Gasteiger partial charge in [0.1, 0.15) is 0 Å². The molecule has 0 saturated carbocycles. The summed E-state index contributed by atoms with van der Waals surface area (Å²) in [6.45, 7) is 4.30. The second-order valence-corrected chi connectivity index (χ2v) is 45.5. The van der Waals surface area contributed by atoms with Crippen LogP contribution in [-0.4, -0.2) is 18.5 Å². The van der Waals surface area contributed by atoms with Crippen molar-refractivity contribution in [1.29, 1.82) is 0 Å². The number of nitrogens with zero attached hydrogens (tertiary/aromatic N) is 1. The van der Waals surface area contributed by atoms with Gasteiger partial charge in [-0.25, -0.2) is 0 Å². The molecule has 0 N–H and O–H groups in total. The first-order chi connectivity index (χ1) is 5.07. The highest BCUT2D eigenvalue weighted by atomic mass is 80.0. The highest BCUT2D eigenvalue weighted by Crippen LogP contribution is 2.44. The van der Waals surface area contributed by atoms with Gasteiger partial charge in [-0.05, 0) is 6.04 Å². The van der Waals surface area contributed by atoms with E-state index >= 15 is 0 Å². The van der Waals surface area contributed by atoms with E-state index in [1.54, 1.807) is 0 Å². The summed E-state index contributed by atoms with van der Waals surface area (Å²) in [5.74, 6) is 0. The van der Waals surface area contributed by atoms with Crippen LogP contribution in [0.15, 0.2) is 0 Å². The van der Waals surface area contributed by atoms with Crippen molar-refractivity contribution in [2.75, 3.05) is 0 Å². The van der Waals surface area contributed by atoms with Crippen LogP contribution < -0.4 is 0 Å². The molecule has 0 amide bonds. The van der Waals surface area contributed by atoms with E-state index in [1.165, 1.54) is 0 Å². The van der Waals surface area contributed by atoms with Crippen LogP contribution in [-0.2, 0) is 0 Å². The fourth-order valence-corrected chi connectivity index (χ4v) is 44.1. The van der Waals surface area contributed by atoms with Gasteiger partial charge in [-0.2, -0.15) is 0 Å². The summed E-state index contributed by atoms with van der Waals surface area (Å²) in [4.78, 5) is 0. The summed E-state index contributed by atoms with van der Waals surface area (Å²) < 4.78 is -1.27. The van der Waals surface area contributed by atoms with E-state index in [0.29, 0.717) is 6.04 Å². The number of halogens is 6. The maximum atomic E-state index is 3.62. The molecule has 0 aromatic carbocycles. The van der Waals surface area contributed by atoms with Crippen molar-refractivity contribution in [2.45, 2.75) is 19.9 Å². The highest BCUT2D eigenvalue weighted by molar-refractivity contribution is 9.74. The summed E-state index contributed by atoms with van der Waals surface area (Å²) >= 11 is 21.7. The predicted octanol–water partition coefficient (Wildman–Crippen LogP) is 4.94. The lowest BCUT2D eigenvalue weighted by Gasteiger charge is -2.37. The topological polar surface area (TPSA) is 3.24 Å². The zero-order chi connectivity index (χ0) is 10.2. The van der Waals surface area contributed by atoms with Gasteiger partial charge in [-0.15, -0.1) is 0 Å². The molecule has 12 heavy (non-hydrogen) atoms. The molecular formula is C3H7Br6NSi2. The van der Waals surface area contributed by atoms with Crippen LogP contribution in [0.4, 0.5) is 0 Å². The van der Waals surface area contributed by atoms with Crippen LogP contribution in [0.25, 0.3) is 0 Å². The second kappa shape index (κ2) is 5.56. The number of rotatable bonds is 3. The normalized spacial score (nSPS) is 14.5. The van der Waals surface area contributed by atoms with Crippen molar-refractivity contribution < 1.29 is 0 Å². The summed E-state index contributed by atoms with van der Waals surface area (Å²) in [6.07, 6.45) is 0. The highest BCUT2D eigenvalue weighted by Gasteiger charge is 2.46. The molecule has 0 fully saturated rings. The lowest BCUT2D eigenvalue weighted by atomic mass is 10.4. The molecule has 0 aliphatic rings. The summed E-state index contributed by atoms with van der Waals surface area (Å²) in [5, 5.41) is 0. The van der Waals surface area contributed by atoms with Crippen LogP contribution >= 0.6 is 91.8 Å². The van der Waals surface area contributed by atoms with Gasteiger partial charge in [-0.1, -0.05) is 106 Å². The van der Waals surface area contributed by atoms with Gasteiger partial charge in [0.2, 0.25) is 0 Å². The molecule has 0 aromatic rings. The summed E-state index contributed by atoms with van der Waals surface area (Å²) in [5.41, 5.74) is 0. The van der Waals surface area contributed by atoms with Gasteiger partial charge < -0.3 is 0 Å². The van der Waals surface area contributed by atoms with E-state index in [-0.39, 0.29) is 0 Å². The number of hydrogen-bond donors (Lipinski definition) is 0. The third-order valence-electron chi connectivity index (χ3n) is 1.06. The van der Waals surface area contributed by atoms with Gasteiger partial charge in [0, 0.05) is 0 Å². The second-order valence-electron chi connectivity index (χ2n) is 2.40. The van der Waals surface area contributed by atoms with E-state index in [4.69, 9.17) is 0 Å². The van der Waals surface area contributed by atoms with Crippen molar-refractivity contribution in [3.8, 4) is 0 Å². The van der Waals surface area contributed by atoms with Crippen molar-refractivity contribution in [3.05, 3.63) is 0 Å². The molecular weight excluding hydrogens is 586 g/mol. The van der Waals surface area contributed by atoms with Crippen molar-refractivity contribution in [3.63, 3.8) is 0 Å². The standard InChI is InChI=1S/C3H7Br6NSi2/c1-3(2)10(11(4,5)6)12(7,8)9/h3H,1-2H3. The lowest BCUT2D eigenvalue weighted by molar-refractivity contribution is 0.556. The molecule has 0 spiro atoms. The minimum absolute atomic E-state index is 0.444. The molecule has 9 heteroatoms. The van der Waals surface area contributed by atoms with Crippen LogP contribution in [0, 0.1) is 0 Å². The molecule has 0 atom stereocenters. The van der Waals surface area contributed by atoms with Crippen LogP contribution in [0.3, 0.4) is 0 Å². The Labute approximate surface area is 122 Å². The van der Waals surface area contributed by atoms with Gasteiger partial charge in [-0.3, -0.25) is 4.23 Å². The van der Waals surface area contributed by atoms with Crippen molar-refractivity contribution >= 4 is 99.9 Å². The van der Waals surface area contributed by atoms with Gasteiger partial charge in [0.15, 0.2) is 0 Å². The lowest BCUT2D eigenvalue weighted by Crippen LogP contribution is -2.53. The maximum absolute atomic E-state index is 3.62. The predicted molar refractivity (Wildman–Crippen MR) is 82.0 cm³/mol. The Morgan fingerprint density at radius 2 is 1.08 bits per heavy atom. The van der Waals surface area contributed by atoms with Crippen molar-refractivity contribution in [2.24, 2.45) is 0 Å². The van der Waals surface area contributed by atoms with E-state index in [9.17, 15) is 0 Å². The molecule has 0 heterocycles.